The molecule has 2 N–H and O–H groups in total. The van der Waals surface area contributed by atoms with Crippen molar-refractivity contribution in [3.05, 3.63) is 23.2 Å². The number of rotatable bonds is 5. The Balaban J connectivity index is 2.10. The highest BCUT2D eigenvalue weighted by Gasteiger charge is 2.27. The maximum atomic E-state index is 12.3. The molecule has 140 valence electrons. The molecular weight excluding hydrogens is 366 g/mol. The lowest BCUT2D eigenvalue weighted by Gasteiger charge is -2.31. The molecule has 0 aliphatic carbocycles. The third-order valence-electron chi connectivity index (χ3n) is 4.02. The van der Waals surface area contributed by atoms with E-state index in [9.17, 15) is 13.2 Å². The molecule has 9 heteroatoms. The number of nitrogens with one attached hydrogen (secondary N) is 2. The molecule has 0 spiro atoms. The van der Waals surface area contributed by atoms with Crippen LogP contribution in [0.4, 0.5) is 5.69 Å². The molecule has 1 saturated heterocycles. The SMILES string of the molecule is C[C@@H]1C[NH+](CC(=O)Nc2cc(S(=O)(=O)N(C)C)ccc2Cl)C[C@@H](C)O1. The fourth-order valence-electron chi connectivity index (χ4n) is 2.93. The molecule has 25 heavy (non-hydrogen) atoms. The summed E-state index contributed by atoms with van der Waals surface area (Å²) >= 11 is 6.11. The number of hydrogen-bond acceptors (Lipinski definition) is 4. The summed E-state index contributed by atoms with van der Waals surface area (Å²) < 4.78 is 31.2. The first-order valence-corrected chi connectivity index (χ1v) is 9.92. The minimum absolute atomic E-state index is 0.0816. The van der Waals surface area contributed by atoms with Gasteiger partial charge in [0.2, 0.25) is 10.0 Å². The molecule has 0 unspecified atom stereocenters. The van der Waals surface area contributed by atoms with Crippen LogP contribution in [-0.2, 0) is 19.6 Å². The number of hydrogen-bond donors (Lipinski definition) is 2. The van der Waals surface area contributed by atoms with Gasteiger partial charge in [-0.3, -0.25) is 4.79 Å². The molecule has 2 atom stereocenters. The van der Waals surface area contributed by atoms with E-state index in [2.05, 4.69) is 5.32 Å². The van der Waals surface area contributed by atoms with Gasteiger partial charge >= 0.3 is 0 Å². The van der Waals surface area contributed by atoms with Crippen molar-refractivity contribution >= 4 is 33.2 Å². The first-order chi connectivity index (χ1) is 11.6. The van der Waals surface area contributed by atoms with Gasteiger partial charge in [0.05, 0.1) is 15.6 Å². The van der Waals surface area contributed by atoms with Gasteiger partial charge in [-0.05, 0) is 32.0 Å². The second kappa shape index (κ2) is 8.01. The second-order valence-corrected chi connectivity index (χ2v) is 9.13. The van der Waals surface area contributed by atoms with Crippen LogP contribution in [0.3, 0.4) is 0 Å². The summed E-state index contributed by atoms with van der Waals surface area (Å²) in [6.07, 6.45) is 0.201. The van der Waals surface area contributed by atoms with Crippen LogP contribution < -0.4 is 10.2 Å². The lowest BCUT2D eigenvalue weighted by atomic mass is 10.2. The number of ether oxygens (including phenoxy) is 1. The number of halogens is 1. The molecule has 1 amide bonds. The fourth-order valence-corrected chi connectivity index (χ4v) is 4.02. The Morgan fingerprint density at radius 2 is 1.92 bits per heavy atom. The van der Waals surface area contributed by atoms with Crippen LogP contribution >= 0.6 is 11.6 Å². The standard InChI is InChI=1S/C16H24ClN3O4S/c1-11-8-20(9-12(2)24-11)10-16(21)18-15-7-13(5-6-14(15)17)25(22,23)19(3)4/h5-7,11-12H,8-10H2,1-4H3,(H,18,21)/p+1/t11-,12-/m1/s1. The second-order valence-electron chi connectivity index (χ2n) is 6.57. The summed E-state index contributed by atoms with van der Waals surface area (Å²) in [7, 11) is -0.691. The van der Waals surface area contributed by atoms with Crippen LogP contribution in [0.25, 0.3) is 0 Å². The largest absolute Gasteiger partial charge is 0.364 e. The van der Waals surface area contributed by atoms with Crippen molar-refractivity contribution in [2.24, 2.45) is 0 Å². The minimum Gasteiger partial charge on any atom is -0.364 e. The van der Waals surface area contributed by atoms with E-state index in [1.165, 1.54) is 32.3 Å². The number of sulfonamides is 1. The number of anilines is 1. The number of morpholine rings is 1. The third-order valence-corrected chi connectivity index (χ3v) is 6.16. The molecule has 1 aliphatic heterocycles. The molecule has 7 nitrogen and oxygen atoms in total. The van der Waals surface area contributed by atoms with E-state index >= 15 is 0 Å². The van der Waals surface area contributed by atoms with Gasteiger partial charge in [0.25, 0.3) is 5.91 Å². The number of carbonyl (C=O) groups is 1. The van der Waals surface area contributed by atoms with Gasteiger partial charge < -0.3 is 15.0 Å². The molecular formula is C16H25ClN3O4S+. The van der Waals surface area contributed by atoms with Crippen LogP contribution in [-0.4, -0.2) is 64.6 Å². The van der Waals surface area contributed by atoms with Gasteiger partial charge in [0.15, 0.2) is 6.54 Å². The van der Waals surface area contributed by atoms with Crippen LogP contribution in [0.5, 0.6) is 0 Å². The molecule has 0 saturated carbocycles. The smallest absolute Gasteiger partial charge is 0.279 e. The summed E-state index contributed by atoms with van der Waals surface area (Å²) in [4.78, 5) is 13.6. The molecule has 1 aromatic carbocycles. The Hall–Kier alpha value is -1.19. The Labute approximate surface area is 153 Å². The number of amides is 1. The lowest BCUT2D eigenvalue weighted by Crippen LogP contribution is -3.16. The van der Waals surface area contributed by atoms with Gasteiger partial charge in [-0.1, -0.05) is 11.6 Å². The fraction of sp³-hybridized carbons (Fsp3) is 0.562. The Bertz CT molecular complexity index is 729. The van der Waals surface area contributed by atoms with Crippen molar-refractivity contribution in [3.63, 3.8) is 0 Å². The molecule has 1 heterocycles. The minimum atomic E-state index is -3.59. The van der Waals surface area contributed by atoms with E-state index in [4.69, 9.17) is 16.3 Å². The van der Waals surface area contributed by atoms with Gasteiger partial charge in [-0.25, -0.2) is 12.7 Å². The van der Waals surface area contributed by atoms with E-state index in [0.29, 0.717) is 10.7 Å². The first-order valence-electron chi connectivity index (χ1n) is 8.10. The average molecular weight is 391 g/mol. The van der Waals surface area contributed by atoms with E-state index in [1.807, 2.05) is 13.8 Å². The van der Waals surface area contributed by atoms with Crippen molar-refractivity contribution in [2.75, 3.05) is 39.0 Å². The van der Waals surface area contributed by atoms with Crippen molar-refractivity contribution < 1.29 is 22.8 Å². The number of carbonyl (C=O) groups excluding carboxylic acids is 1. The van der Waals surface area contributed by atoms with Crippen LogP contribution in [0, 0.1) is 0 Å². The Morgan fingerprint density at radius 1 is 1.32 bits per heavy atom. The molecule has 0 aromatic heterocycles. The zero-order valence-electron chi connectivity index (χ0n) is 14.9. The van der Waals surface area contributed by atoms with E-state index in [-0.39, 0.29) is 29.6 Å². The average Bonchev–Trinajstić information content (AvgIpc) is 2.47. The van der Waals surface area contributed by atoms with E-state index in [1.54, 1.807) is 0 Å². The quantitative estimate of drug-likeness (QED) is 0.753. The van der Waals surface area contributed by atoms with E-state index < -0.39 is 10.0 Å². The lowest BCUT2D eigenvalue weighted by molar-refractivity contribution is -0.907. The predicted octanol–water partition coefficient (Wildman–Crippen LogP) is 0.221. The third kappa shape index (κ3) is 5.15. The monoisotopic (exact) mass is 390 g/mol. The van der Waals surface area contributed by atoms with Crippen molar-refractivity contribution in [2.45, 2.75) is 31.0 Å². The summed E-state index contributed by atoms with van der Waals surface area (Å²) in [6, 6.07) is 4.28. The molecule has 1 aliphatic rings. The zero-order valence-corrected chi connectivity index (χ0v) is 16.4. The maximum absolute atomic E-state index is 12.3. The van der Waals surface area contributed by atoms with Gasteiger partial charge in [0.1, 0.15) is 25.3 Å². The predicted molar refractivity (Wildman–Crippen MR) is 96.5 cm³/mol. The summed E-state index contributed by atoms with van der Waals surface area (Å²) in [6.45, 7) is 5.75. The topological polar surface area (TPSA) is 80.2 Å². The molecule has 0 radical (unpaired) electrons. The van der Waals surface area contributed by atoms with Crippen molar-refractivity contribution in [1.29, 1.82) is 0 Å². The Morgan fingerprint density at radius 3 is 2.48 bits per heavy atom. The van der Waals surface area contributed by atoms with Gasteiger partial charge in [-0.15, -0.1) is 0 Å². The summed E-state index contributed by atoms with van der Waals surface area (Å²) in [5, 5.41) is 3.02. The summed E-state index contributed by atoms with van der Waals surface area (Å²) in [5.41, 5.74) is 0.295. The van der Waals surface area contributed by atoms with Gasteiger partial charge in [-0.2, -0.15) is 0 Å². The van der Waals surface area contributed by atoms with Crippen molar-refractivity contribution in [1.82, 2.24) is 4.31 Å². The molecule has 1 aromatic rings. The summed E-state index contributed by atoms with van der Waals surface area (Å²) in [5.74, 6) is -0.211. The zero-order chi connectivity index (χ0) is 18.8. The van der Waals surface area contributed by atoms with Crippen LogP contribution in [0.2, 0.25) is 5.02 Å². The maximum Gasteiger partial charge on any atom is 0.279 e. The highest BCUT2D eigenvalue weighted by Crippen LogP contribution is 2.26. The number of nitrogens with zero attached hydrogens (tertiary/aromatic N) is 1. The van der Waals surface area contributed by atoms with Crippen molar-refractivity contribution in [3.8, 4) is 0 Å². The van der Waals surface area contributed by atoms with Crippen LogP contribution in [0.15, 0.2) is 23.1 Å². The number of benzene rings is 1. The highest BCUT2D eigenvalue weighted by atomic mass is 35.5. The van der Waals surface area contributed by atoms with E-state index in [0.717, 1.165) is 22.3 Å². The normalized spacial score (nSPS) is 24.3. The molecule has 1 fully saturated rings. The molecule has 2 rings (SSSR count). The molecule has 0 bridgehead atoms. The van der Waals surface area contributed by atoms with Crippen LogP contribution in [0.1, 0.15) is 13.8 Å². The highest BCUT2D eigenvalue weighted by molar-refractivity contribution is 7.89. The number of quaternary nitrogens is 1. The van der Waals surface area contributed by atoms with Gasteiger partial charge in [0, 0.05) is 14.1 Å². The Kier molecular flexibility index (Phi) is 6.45. The first kappa shape index (κ1) is 20.1.